The van der Waals surface area contributed by atoms with Crippen LogP contribution in [0.2, 0.25) is 15.1 Å². The van der Waals surface area contributed by atoms with E-state index < -0.39 is 0 Å². The normalized spacial score (nSPS) is 10.7. The zero-order valence-electron chi connectivity index (χ0n) is 44.5. The first-order valence-corrected chi connectivity index (χ1v) is 26.0. The number of hydrogen-bond acceptors (Lipinski definition) is 6. The van der Waals surface area contributed by atoms with Crippen molar-refractivity contribution >= 4 is 34.8 Å². The van der Waals surface area contributed by atoms with E-state index in [1.165, 1.54) is 33.4 Å². The van der Waals surface area contributed by atoms with E-state index in [0.29, 0.717) is 63.5 Å². The molecule has 0 unspecified atom stereocenters. The van der Waals surface area contributed by atoms with Gasteiger partial charge in [0.25, 0.3) is 0 Å². The third-order valence-corrected chi connectivity index (χ3v) is 12.5. The average Bonchev–Trinajstić information content (AvgIpc) is 3.36. The molecule has 2 aromatic heterocycles. The van der Waals surface area contributed by atoms with Crippen LogP contribution in [0.4, 0.5) is 0 Å². The third-order valence-electron chi connectivity index (χ3n) is 11.6. The molecule has 0 spiro atoms. The van der Waals surface area contributed by atoms with Gasteiger partial charge in [0.15, 0.2) is 0 Å². The molecule has 6 aromatic carbocycles. The minimum Gasteiger partial charge on any atom is -0.487 e. The summed E-state index contributed by atoms with van der Waals surface area (Å²) in [6.07, 6.45) is 3.51. The van der Waals surface area contributed by atoms with Gasteiger partial charge in [-0.15, -0.1) is 0 Å². The molecular formula is C64H71Cl3N2O4. The molecule has 8 aromatic rings. The molecule has 0 aliphatic heterocycles. The molecule has 0 atom stereocenters. The van der Waals surface area contributed by atoms with Crippen molar-refractivity contribution in [1.29, 1.82) is 0 Å². The van der Waals surface area contributed by atoms with E-state index in [4.69, 9.17) is 53.8 Å². The third kappa shape index (κ3) is 19.2. The van der Waals surface area contributed by atoms with Gasteiger partial charge in [-0.1, -0.05) is 169 Å². The van der Waals surface area contributed by atoms with Crippen molar-refractivity contribution < 1.29 is 18.9 Å². The molecule has 0 aliphatic carbocycles. The van der Waals surface area contributed by atoms with Crippen molar-refractivity contribution in [1.82, 2.24) is 9.97 Å². The van der Waals surface area contributed by atoms with Crippen LogP contribution in [0, 0.1) is 27.7 Å². The molecular weight excluding hydrogens is 967 g/mol. The Morgan fingerprint density at radius 1 is 0.411 bits per heavy atom. The van der Waals surface area contributed by atoms with Gasteiger partial charge in [0.05, 0.1) is 27.0 Å². The quantitative estimate of drug-likeness (QED) is 0.108. The maximum atomic E-state index is 6.25. The van der Waals surface area contributed by atoms with Crippen LogP contribution in [0.1, 0.15) is 135 Å². The van der Waals surface area contributed by atoms with E-state index in [1.54, 1.807) is 12.4 Å². The Hall–Kier alpha value is -6.31. The van der Waals surface area contributed by atoms with Crippen molar-refractivity contribution in [3.8, 4) is 34.5 Å². The fourth-order valence-electron chi connectivity index (χ4n) is 7.14. The van der Waals surface area contributed by atoms with Gasteiger partial charge >= 0.3 is 0 Å². The minimum atomic E-state index is 0.432. The van der Waals surface area contributed by atoms with E-state index >= 15 is 0 Å². The fourth-order valence-corrected chi connectivity index (χ4v) is 7.85. The second kappa shape index (κ2) is 28.8. The Morgan fingerprint density at radius 2 is 0.904 bits per heavy atom. The van der Waals surface area contributed by atoms with E-state index in [-0.39, 0.29) is 0 Å². The molecule has 0 saturated carbocycles. The molecule has 0 aliphatic rings. The second-order valence-electron chi connectivity index (χ2n) is 19.3. The zero-order chi connectivity index (χ0) is 53.0. The van der Waals surface area contributed by atoms with Crippen LogP contribution in [-0.4, -0.2) is 9.97 Å². The number of pyridine rings is 2. The van der Waals surface area contributed by atoms with Crippen LogP contribution in [0.3, 0.4) is 0 Å². The molecule has 9 heteroatoms. The summed E-state index contributed by atoms with van der Waals surface area (Å²) < 4.78 is 23.1. The summed E-state index contributed by atoms with van der Waals surface area (Å²) in [6, 6.07) is 50.1. The smallest absolute Gasteiger partial charge is 0.146 e. The second-order valence-corrected chi connectivity index (χ2v) is 20.5. The highest BCUT2D eigenvalue weighted by Gasteiger charge is 2.10. The van der Waals surface area contributed by atoms with Gasteiger partial charge < -0.3 is 18.9 Å². The molecule has 0 bridgehead atoms. The number of benzene rings is 6. The molecule has 6 nitrogen and oxygen atoms in total. The van der Waals surface area contributed by atoms with Gasteiger partial charge in [-0.25, -0.2) is 0 Å². The van der Waals surface area contributed by atoms with Gasteiger partial charge in [0.1, 0.15) is 47.7 Å². The molecule has 2 heterocycles. The molecule has 0 amide bonds. The Morgan fingerprint density at radius 3 is 1.37 bits per heavy atom. The molecule has 8 rings (SSSR count). The van der Waals surface area contributed by atoms with E-state index in [9.17, 15) is 0 Å². The lowest BCUT2D eigenvalue weighted by atomic mass is 10.0. The van der Waals surface area contributed by atoms with Crippen LogP contribution in [-0.2, 0) is 13.2 Å². The van der Waals surface area contributed by atoms with Crippen molar-refractivity contribution in [2.45, 2.75) is 120 Å². The average molecular weight is 1040 g/mol. The maximum Gasteiger partial charge on any atom is 0.146 e. The lowest BCUT2D eigenvalue weighted by molar-refractivity contribution is 0.301. The standard InChI is InChI=1S/C17H19ClO.C16H17ClO.C16H19NO.C15H16ClNO/c1-12(2)15-7-8-17(16(18)10-15)19-11-14-6-4-5-13(3)9-14;1-11(2)13-7-8-16(15(17)10-13)18-14-6-4-5-12(3)9-14;1-11(2)14-6-8-16(12(3)9-14)18-15-7-5-13(4)17-10-15;1-11(2)12-6-7-15(14(16)9-12)18-10-13-5-3-4-8-17-13/h4-10,12H,11H2,1-3H3;4-11H,1-3H3;5-11H,1-4H3;3-9,11H,10H2,1-2H3. The van der Waals surface area contributed by atoms with Crippen LogP contribution < -0.4 is 18.9 Å². The summed E-state index contributed by atoms with van der Waals surface area (Å²) in [6.45, 7) is 26.4. The molecule has 73 heavy (non-hydrogen) atoms. The van der Waals surface area contributed by atoms with Gasteiger partial charge in [-0.3, -0.25) is 9.97 Å². The summed E-state index contributed by atoms with van der Waals surface area (Å²) >= 11 is 18.7. The van der Waals surface area contributed by atoms with E-state index in [2.05, 4.69) is 122 Å². The Balaban J connectivity index is 0.000000181. The SMILES string of the molecule is CC(C)c1ccc(OCc2ccccn2)c(Cl)c1.Cc1ccc(Oc2ccc(C(C)C)cc2C)cn1.Cc1cccc(COc2ccc(C(C)C)cc2Cl)c1.Cc1cccc(Oc2ccc(C(C)C)cc2Cl)c1. The van der Waals surface area contributed by atoms with Crippen LogP contribution in [0.5, 0.6) is 34.5 Å². The Kier molecular flexibility index (Phi) is 22.7. The van der Waals surface area contributed by atoms with E-state index in [0.717, 1.165) is 45.5 Å². The summed E-state index contributed by atoms with van der Waals surface area (Å²) in [5, 5.41) is 1.98. The first kappa shape index (κ1) is 57.6. The summed E-state index contributed by atoms with van der Waals surface area (Å²) in [7, 11) is 0. The van der Waals surface area contributed by atoms with Gasteiger partial charge in [0.2, 0.25) is 0 Å². The highest BCUT2D eigenvalue weighted by atomic mass is 35.5. The summed E-state index contributed by atoms with van der Waals surface area (Å²) in [5.41, 5.74) is 11.6. The van der Waals surface area contributed by atoms with Gasteiger partial charge in [-0.05, 0) is 169 Å². The first-order valence-electron chi connectivity index (χ1n) is 24.9. The predicted octanol–water partition coefficient (Wildman–Crippen LogP) is 20.0. The number of hydrogen-bond donors (Lipinski definition) is 0. The number of ether oxygens (including phenoxy) is 4. The zero-order valence-corrected chi connectivity index (χ0v) is 46.7. The van der Waals surface area contributed by atoms with Crippen molar-refractivity contribution in [2.24, 2.45) is 0 Å². The van der Waals surface area contributed by atoms with E-state index in [1.807, 2.05) is 123 Å². The van der Waals surface area contributed by atoms with Gasteiger partial charge in [0, 0.05) is 11.9 Å². The molecule has 382 valence electrons. The number of rotatable bonds is 14. The van der Waals surface area contributed by atoms with Gasteiger partial charge in [-0.2, -0.15) is 0 Å². The number of nitrogens with zero attached hydrogens (tertiary/aromatic N) is 2. The fraction of sp³-hybridized carbons (Fsp3) is 0.281. The highest BCUT2D eigenvalue weighted by molar-refractivity contribution is 6.32. The van der Waals surface area contributed by atoms with Crippen LogP contribution in [0.25, 0.3) is 0 Å². The number of aromatic nitrogens is 2. The topological polar surface area (TPSA) is 62.7 Å². The van der Waals surface area contributed by atoms with Crippen molar-refractivity contribution in [3.05, 3.63) is 235 Å². The predicted molar refractivity (Wildman–Crippen MR) is 306 cm³/mol. The lowest BCUT2D eigenvalue weighted by Gasteiger charge is -2.12. The molecule has 0 N–H and O–H groups in total. The highest BCUT2D eigenvalue weighted by Crippen LogP contribution is 2.34. The molecule has 0 fully saturated rings. The van der Waals surface area contributed by atoms with Crippen molar-refractivity contribution in [3.63, 3.8) is 0 Å². The monoisotopic (exact) mass is 1040 g/mol. The van der Waals surface area contributed by atoms with Crippen LogP contribution >= 0.6 is 34.8 Å². The Bertz CT molecular complexity index is 2960. The molecule has 0 radical (unpaired) electrons. The molecule has 0 saturated heterocycles. The Labute approximate surface area is 450 Å². The summed E-state index contributed by atoms with van der Waals surface area (Å²) in [5.74, 6) is 6.58. The van der Waals surface area contributed by atoms with Crippen molar-refractivity contribution in [2.75, 3.05) is 0 Å². The largest absolute Gasteiger partial charge is 0.487 e. The number of aryl methyl sites for hydroxylation is 4. The first-order chi connectivity index (χ1) is 34.8. The van der Waals surface area contributed by atoms with Crippen LogP contribution in [0.15, 0.2) is 164 Å². The lowest BCUT2D eigenvalue weighted by Crippen LogP contribution is -1.98. The number of halogens is 3. The minimum absolute atomic E-state index is 0.432. The maximum absolute atomic E-state index is 6.25. The summed E-state index contributed by atoms with van der Waals surface area (Å²) in [4.78, 5) is 8.43.